The highest BCUT2D eigenvalue weighted by Gasteiger charge is 2.11. The van der Waals surface area contributed by atoms with Crippen molar-refractivity contribution in [2.24, 2.45) is 5.73 Å². The lowest BCUT2D eigenvalue weighted by atomic mass is 10.2. The highest BCUT2D eigenvalue weighted by molar-refractivity contribution is 6.06. The first-order chi connectivity index (χ1) is 9.58. The highest BCUT2D eigenvalue weighted by atomic mass is 16.5. The van der Waals surface area contributed by atoms with E-state index >= 15 is 0 Å². The Morgan fingerprint density at radius 1 is 1.35 bits per heavy atom. The predicted molar refractivity (Wildman–Crippen MR) is 77.0 cm³/mol. The third-order valence-corrected chi connectivity index (χ3v) is 2.80. The molecule has 1 amide bonds. The molecule has 1 aromatic rings. The molecule has 0 saturated heterocycles. The Kier molecular flexibility index (Phi) is 4.22. The van der Waals surface area contributed by atoms with Gasteiger partial charge in [0, 0.05) is 24.1 Å². The summed E-state index contributed by atoms with van der Waals surface area (Å²) in [6, 6.07) is 6.24. The molecule has 0 heterocycles. The largest absolute Gasteiger partial charge is 0.508 e. The van der Waals surface area contributed by atoms with Crippen molar-refractivity contribution >= 4 is 11.6 Å². The van der Waals surface area contributed by atoms with Gasteiger partial charge in [-0.2, -0.15) is 0 Å². The van der Waals surface area contributed by atoms with Crippen molar-refractivity contribution in [2.45, 2.75) is 6.10 Å². The van der Waals surface area contributed by atoms with Gasteiger partial charge in [0.1, 0.15) is 5.75 Å². The minimum atomic E-state index is -0.278. The van der Waals surface area contributed by atoms with E-state index in [9.17, 15) is 9.90 Å². The number of anilines is 1. The van der Waals surface area contributed by atoms with Crippen LogP contribution in [0.25, 0.3) is 0 Å². The van der Waals surface area contributed by atoms with E-state index in [4.69, 9.17) is 10.5 Å². The molecule has 0 aromatic heterocycles. The van der Waals surface area contributed by atoms with Gasteiger partial charge in [0.05, 0.1) is 6.10 Å². The molecule has 1 aromatic carbocycles. The van der Waals surface area contributed by atoms with Crippen molar-refractivity contribution in [1.82, 2.24) is 0 Å². The van der Waals surface area contributed by atoms with Gasteiger partial charge in [-0.25, -0.2) is 0 Å². The topological polar surface area (TPSA) is 84.6 Å². The van der Waals surface area contributed by atoms with Crippen LogP contribution in [0.3, 0.4) is 0 Å². The summed E-state index contributed by atoms with van der Waals surface area (Å²) in [5, 5.41) is 11.9. The number of phenolic OH excluding ortho intramolecular Hbond substituents is 1. The molecule has 1 atom stereocenters. The van der Waals surface area contributed by atoms with Crippen molar-refractivity contribution in [2.75, 3.05) is 12.4 Å². The van der Waals surface area contributed by atoms with Gasteiger partial charge in [-0.1, -0.05) is 12.2 Å². The lowest BCUT2D eigenvalue weighted by Gasteiger charge is -2.06. The molecule has 5 nitrogen and oxygen atoms in total. The highest BCUT2D eigenvalue weighted by Crippen LogP contribution is 2.16. The Labute approximate surface area is 117 Å². The van der Waals surface area contributed by atoms with E-state index < -0.39 is 0 Å². The summed E-state index contributed by atoms with van der Waals surface area (Å²) in [6.45, 7) is 0. The van der Waals surface area contributed by atoms with Crippen LogP contribution in [-0.4, -0.2) is 24.2 Å². The number of hydrogen-bond acceptors (Lipinski definition) is 4. The number of rotatable bonds is 3. The monoisotopic (exact) mass is 272 g/mol. The summed E-state index contributed by atoms with van der Waals surface area (Å²) in [7, 11) is 1.57. The molecular formula is C15H16N2O3. The third-order valence-electron chi connectivity index (χ3n) is 2.80. The first kappa shape index (κ1) is 13.9. The first-order valence-electron chi connectivity index (χ1n) is 6.09. The quantitative estimate of drug-likeness (QED) is 0.731. The third kappa shape index (κ3) is 3.49. The van der Waals surface area contributed by atoms with Crippen molar-refractivity contribution < 1.29 is 14.6 Å². The maximum absolute atomic E-state index is 12.1. The number of allylic oxidation sites excluding steroid dienone is 1. The molecule has 0 bridgehead atoms. The van der Waals surface area contributed by atoms with E-state index in [1.165, 1.54) is 12.1 Å². The van der Waals surface area contributed by atoms with Crippen LogP contribution in [0.5, 0.6) is 5.75 Å². The standard InChI is InChI=1S/C15H16N2O3/c1-20-14-7-2-10(8-11(16)9-14)15(19)17-12-3-5-13(18)6-4-12/h2-9,14,18H,16H2,1H3,(H,17,19). The Balaban J connectivity index is 2.13. The SMILES string of the molecule is COC1C=CC(C(=O)Nc2ccc(O)cc2)=CC(N)=C1. The van der Waals surface area contributed by atoms with Crippen LogP contribution in [-0.2, 0) is 9.53 Å². The van der Waals surface area contributed by atoms with Gasteiger partial charge in [0.15, 0.2) is 0 Å². The molecule has 2 rings (SSSR count). The molecule has 0 fully saturated rings. The number of hydrogen-bond donors (Lipinski definition) is 3. The average molecular weight is 272 g/mol. The maximum Gasteiger partial charge on any atom is 0.255 e. The number of benzene rings is 1. The van der Waals surface area contributed by atoms with Crippen LogP contribution in [0.4, 0.5) is 5.69 Å². The lowest BCUT2D eigenvalue weighted by molar-refractivity contribution is -0.112. The van der Waals surface area contributed by atoms with Gasteiger partial charge in [-0.05, 0) is 36.4 Å². The van der Waals surface area contributed by atoms with Crippen LogP contribution in [0, 0.1) is 0 Å². The molecule has 104 valence electrons. The molecule has 0 saturated carbocycles. The average Bonchev–Trinajstić information content (AvgIpc) is 2.63. The van der Waals surface area contributed by atoms with E-state index in [-0.39, 0.29) is 17.8 Å². The number of methoxy groups -OCH3 is 1. The van der Waals surface area contributed by atoms with E-state index in [1.807, 2.05) is 0 Å². The summed E-state index contributed by atoms with van der Waals surface area (Å²) in [4.78, 5) is 12.1. The zero-order valence-corrected chi connectivity index (χ0v) is 11.0. The zero-order chi connectivity index (χ0) is 14.5. The van der Waals surface area contributed by atoms with E-state index in [0.29, 0.717) is 17.0 Å². The van der Waals surface area contributed by atoms with Gasteiger partial charge in [-0.3, -0.25) is 4.79 Å². The van der Waals surface area contributed by atoms with Crippen LogP contribution < -0.4 is 11.1 Å². The van der Waals surface area contributed by atoms with E-state index in [2.05, 4.69) is 5.32 Å². The molecule has 0 radical (unpaired) electrons. The second-order valence-corrected chi connectivity index (χ2v) is 4.33. The number of carbonyl (C=O) groups is 1. The van der Waals surface area contributed by atoms with E-state index in [1.54, 1.807) is 43.5 Å². The molecule has 5 heteroatoms. The van der Waals surface area contributed by atoms with Gasteiger partial charge in [0.2, 0.25) is 0 Å². The summed E-state index contributed by atoms with van der Waals surface area (Å²) >= 11 is 0. The zero-order valence-electron chi connectivity index (χ0n) is 11.0. The molecule has 0 spiro atoms. The second-order valence-electron chi connectivity index (χ2n) is 4.33. The lowest BCUT2D eigenvalue weighted by Crippen LogP contribution is -2.13. The van der Waals surface area contributed by atoms with Crippen molar-refractivity contribution in [3.05, 3.63) is 59.8 Å². The fourth-order valence-electron chi connectivity index (χ4n) is 1.76. The number of nitrogens with two attached hydrogens (primary N) is 1. The number of carbonyl (C=O) groups excluding carboxylic acids is 1. The Hall–Kier alpha value is -2.53. The van der Waals surface area contributed by atoms with Gasteiger partial charge >= 0.3 is 0 Å². The van der Waals surface area contributed by atoms with Crippen LogP contribution in [0.1, 0.15) is 0 Å². The Morgan fingerprint density at radius 3 is 2.70 bits per heavy atom. The molecular weight excluding hydrogens is 256 g/mol. The molecule has 0 aliphatic heterocycles. The summed E-state index contributed by atoms with van der Waals surface area (Å²) < 4.78 is 5.17. The smallest absolute Gasteiger partial charge is 0.255 e. The second kappa shape index (κ2) is 6.08. The first-order valence-corrected chi connectivity index (χ1v) is 6.09. The number of phenols is 1. The normalized spacial score (nSPS) is 17.9. The molecule has 1 aliphatic carbocycles. The van der Waals surface area contributed by atoms with Crippen molar-refractivity contribution in [3.8, 4) is 5.75 Å². The van der Waals surface area contributed by atoms with Gasteiger partial charge in [-0.15, -0.1) is 0 Å². The fourth-order valence-corrected chi connectivity index (χ4v) is 1.76. The molecule has 20 heavy (non-hydrogen) atoms. The molecule has 1 aliphatic rings. The Morgan fingerprint density at radius 2 is 2.05 bits per heavy atom. The Bertz CT molecular complexity index is 586. The van der Waals surface area contributed by atoms with Crippen molar-refractivity contribution in [3.63, 3.8) is 0 Å². The van der Waals surface area contributed by atoms with Crippen LogP contribution in [0.2, 0.25) is 0 Å². The number of aromatic hydroxyl groups is 1. The summed E-state index contributed by atoms with van der Waals surface area (Å²) in [5.41, 5.74) is 7.29. The van der Waals surface area contributed by atoms with Gasteiger partial charge < -0.3 is 20.9 Å². The van der Waals surface area contributed by atoms with E-state index in [0.717, 1.165) is 0 Å². The van der Waals surface area contributed by atoms with Crippen LogP contribution >= 0.6 is 0 Å². The number of amides is 1. The summed E-state index contributed by atoms with van der Waals surface area (Å²) in [5.74, 6) is -0.133. The minimum absolute atomic E-state index is 0.145. The molecule has 4 N–H and O–H groups in total. The predicted octanol–water partition coefficient (Wildman–Crippen LogP) is 1.68. The van der Waals surface area contributed by atoms with Crippen molar-refractivity contribution in [1.29, 1.82) is 0 Å². The minimum Gasteiger partial charge on any atom is -0.508 e. The van der Waals surface area contributed by atoms with Gasteiger partial charge in [0.25, 0.3) is 5.91 Å². The number of nitrogens with one attached hydrogen (secondary N) is 1. The summed E-state index contributed by atoms with van der Waals surface area (Å²) in [6.07, 6.45) is 6.48. The fraction of sp³-hybridized carbons (Fsp3) is 0.133. The number of ether oxygens (including phenoxy) is 1. The maximum atomic E-state index is 12.1. The molecule has 1 unspecified atom stereocenters. The van der Waals surface area contributed by atoms with Crippen LogP contribution in [0.15, 0.2) is 59.8 Å².